The molecule has 0 aromatic carbocycles. The van der Waals surface area contributed by atoms with Crippen molar-refractivity contribution in [3.63, 3.8) is 0 Å². The summed E-state index contributed by atoms with van der Waals surface area (Å²) in [4.78, 5) is 11.3. The van der Waals surface area contributed by atoms with Gasteiger partial charge in [0, 0.05) is 11.8 Å². The largest absolute Gasteiger partial charge is 0.466 e. The Morgan fingerprint density at radius 2 is 2.06 bits per heavy atom. The van der Waals surface area contributed by atoms with Crippen LogP contribution in [0.2, 0.25) is 0 Å². The minimum Gasteiger partial charge on any atom is -0.466 e. The lowest BCUT2D eigenvalue weighted by atomic mass is 9.87. The Labute approximate surface area is 104 Å². The average molecular weight is 244 g/mol. The predicted octanol–water partition coefficient (Wildman–Crippen LogP) is 2.51. The van der Waals surface area contributed by atoms with E-state index in [-0.39, 0.29) is 17.5 Å². The van der Waals surface area contributed by atoms with Gasteiger partial charge in [-0.25, -0.2) is 0 Å². The number of hydrogen-bond acceptors (Lipinski definition) is 4. The third-order valence-electron chi connectivity index (χ3n) is 3.36. The molecular formula is C13H24O4. The van der Waals surface area contributed by atoms with Crippen molar-refractivity contribution < 1.29 is 19.0 Å². The molecule has 4 nitrogen and oxygen atoms in total. The van der Waals surface area contributed by atoms with Gasteiger partial charge < -0.3 is 14.2 Å². The Morgan fingerprint density at radius 3 is 2.59 bits per heavy atom. The standard InChI is InChI=1S/C13H24O4/c1-6-15-11(14)7-8-13(5)16-9-12(3,4)10(2)17-13/h10H,6-9H2,1-5H3/t10-,13-/m1/s1. The first kappa shape index (κ1) is 14.5. The highest BCUT2D eigenvalue weighted by molar-refractivity contribution is 5.69. The topological polar surface area (TPSA) is 44.8 Å². The van der Waals surface area contributed by atoms with Gasteiger partial charge in [0.25, 0.3) is 0 Å². The quantitative estimate of drug-likeness (QED) is 0.713. The van der Waals surface area contributed by atoms with E-state index >= 15 is 0 Å². The summed E-state index contributed by atoms with van der Waals surface area (Å²) in [7, 11) is 0. The summed E-state index contributed by atoms with van der Waals surface area (Å²) in [6, 6.07) is 0. The molecule has 2 atom stereocenters. The van der Waals surface area contributed by atoms with Crippen LogP contribution in [-0.4, -0.2) is 31.1 Å². The third kappa shape index (κ3) is 3.96. The highest BCUT2D eigenvalue weighted by Gasteiger charge is 2.41. The van der Waals surface area contributed by atoms with Crippen molar-refractivity contribution in [2.75, 3.05) is 13.2 Å². The molecule has 1 fully saturated rings. The molecule has 0 spiro atoms. The number of rotatable bonds is 4. The molecule has 100 valence electrons. The first-order valence-electron chi connectivity index (χ1n) is 6.26. The molecule has 4 heteroatoms. The van der Waals surface area contributed by atoms with E-state index in [1.165, 1.54) is 0 Å². The summed E-state index contributed by atoms with van der Waals surface area (Å²) < 4.78 is 16.5. The van der Waals surface area contributed by atoms with Crippen LogP contribution >= 0.6 is 0 Å². The Hall–Kier alpha value is -0.610. The van der Waals surface area contributed by atoms with Crippen molar-refractivity contribution in [2.24, 2.45) is 5.41 Å². The van der Waals surface area contributed by atoms with Crippen LogP contribution in [0.4, 0.5) is 0 Å². The summed E-state index contributed by atoms with van der Waals surface area (Å²) in [5.41, 5.74) is 0.0173. The molecular weight excluding hydrogens is 220 g/mol. The summed E-state index contributed by atoms with van der Waals surface area (Å²) in [6.45, 7) is 11.0. The molecule has 1 aliphatic heterocycles. The van der Waals surface area contributed by atoms with Crippen molar-refractivity contribution in [3.05, 3.63) is 0 Å². The predicted molar refractivity (Wildman–Crippen MR) is 64.6 cm³/mol. The van der Waals surface area contributed by atoms with Crippen LogP contribution in [0.5, 0.6) is 0 Å². The molecule has 1 heterocycles. The Kier molecular flexibility index (Phi) is 4.55. The van der Waals surface area contributed by atoms with Crippen LogP contribution < -0.4 is 0 Å². The lowest BCUT2D eigenvalue weighted by Gasteiger charge is -2.46. The van der Waals surface area contributed by atoms with Crippen LogP contribution in [0.25, 0.3) is 0 Å². The first-order chi connectivity index (χ1) is 7.79. The highest BCUT2D eigenvalue weighted by Crippen LogP contribution is 2.36. The van der Waals surface area contributed by atoms with E-state index in [4.69, 9.17) is 14.2 Å². The second-order valence-corrected chi connectivity index (χ2v) is 5.48. The summed E-state index contributed by atoms with van der Waals surface area (Å²) >= 11 is 0. The van der Waals surface area contributed by atoms with E-state index in [1.807, 2.05) is 13.8 Å². The third-order valence-corrected chi connectivity index (χ3v) is 3.36. The zero-order valence-corrected chi connectivity index (χ0v) is 11.5. The Morgan fingerprint density at radius 1 is 1.41 bits per heavy atom. The van der Waals surface area contributed by atoms with E-state index in [1.54, 1.807) is 6.92 Å². The number of carbonyl (C=O) groups is 1. The molecule has 1 rings (SSSR count). The van der Waals surface area contributed by atoms with Gasteiger partial charge in [0.15, 0.2) is 5.79 Å². The summed E-state index contributed by atoms with van der Waals surface area (Å²) in [5.74, 6) is -0.861. The molecule has 0 aromatic rings. The molecule has 1 aliphatic rings. The number of carbonyl (C=O) groups excluding carboxylic acids is 1. The van der Waals surface area contributed by atoms with E-state index in [9.17, 15) is 4.79 Å². The molecule has 17 heavy (non-hydrogen) atoms. The monoisotopic (exact) mass is 244 g/mol. The van der Waals surface area contributed by atoms with Gasteiger partial charge in [-0.3, -0.25) is 4.79 Å². The second kappa shape index (κ2) is 5.36. The van der Waals surface area contributed by atoms with Gasteiger partial charge in [0.2, 0.25) is 0 Å². The molecule has 0 radical (unpaired) electrons. The molecule has 1 saturated heterocycles. The minimum absolute atomic E-state index is 0.0173. The maximum Gasteiger partial charge on any atom is 0.305 e. The summed E-state index contributed by atoms with van der Waals surface area (Å²) in [5, 5.41) is 0. The molecule has 0 amide bonds. The van der Waals surface area contributed by atoms with Crippen molar-refractivity contribution >= 4 is 5.97 Å². The molecule has 0 N–H and O–H groups in total. The first-order valence-corrected chi connectivity index (χ1v) is 6.26. The van der Waals surface area contributed by atoms with Gasteiger partial charge in [0.05, 0.1) is 25.7 Å². The van der Waals surface area contributed by atoms with Crippen molar-refractivity contribution in [1.82, 2.24) is 0 Å². The molecule has 0 aliphatic carbocycles. The van der Waals surface area contributed by atoms with Crippen molar-refractivity contribution in [3.8, 4) is 0 Å². The minimum atomic E-state index is -0.665. The van der Waals surface area contributed by atoms with E-state index in [2.05, 4.69) is 13.8 Å². The lowest BCUT2D eigenvalue weighted by Crippen LogP contribution is -2.50. The van der Waals surface area contributed by atoms with Gasteiger partial charge in [0.1, 0.15) is 0 Å². The fourth-order valence-corrected chi connectivity index (χ4v) is 1.72. The molecule has 0 aromatic heterocycles. The number of esters is 1. The second-order valence-electron chi connectivity index (χ2n) is 5.48. The average Bonchev–Trinajstić information content (AvgIpc) is 2.23. The number of ether oxygens (including phenoxy) is 3. The zero-order valence-electron chi connectivity index (χ0n) is 11.5. The van der Waals surface area contributed by atoms with Crippen LogP contribution in [0.3, 0.4) is 0 Å². The molecule has 0 bridgehead atoms. The Balaban J connectivity index is 2.46. The Bertz CT molecular complexity index is 275. The van der Waals surface area contributed by atoms with Gasteiger partial charge in [-0.15, -0.1) is 0 Å². The summed E-state index contributed by atoms with van der Waals surface area (Å²) in [6.07, 6.45) is 0.979. The highest BCUT2D eigenvalue weighted by atomic mass is 16.7. The van der Waals surface area contributed by atoms with Crippen molar-refractivity contribution in [2.45, 2.75) is 59.4 Å². The van der Waals surface area contributed by atoms with Crippen LogP contribution in [0, 0.1) is 5.41 Å². The van der Waals surface area contributed by atoms with Gasteiger partial charge in [-0.1, -0.05) is 13.8 Å². The maximum absolute atomic E-state index is 11.3. The van der Waals surface area contributed by atoms with Crippen LogP contribution in [-0.2, 0) is 19.0 Å². The van der Waals surface area contributed by atoms with Crippen LogP contribution in [0.15, 0.2) is 0 Å². The van der Waals surface area contributed by atoms with Crippen LogP contribution in [0.1, 0.15) is 47.5 Å². The van der Waals surface area contributed by atoms with Gasteiger partial charge >= 0.3 is 5.97 Å². The van der Waals surface area contributed by atoms with E-state index in [0.717, 1.165) is 0 Å². The lowest BCUT2D eigenvalue weighted by molar-refractivity contribution is -0.319. The zero-order chi connectivity index (χ0) is 13.1. The fraction of sp³-hybridized carbons (Fsp3) is 0.923. The van der Waals surface area contributed by atoms with Gasteiger partial charge in [-0.05, 0) is 20.8 Å². The molecule has 0 saturated carbocycles. The normalized spacial score (nSPS) is 32.2. The van der Waals surface area contributed by atoms with E-state index < -0.39 is 5.79 Å². The fourth-order valence-electron chi connectivity index (χ4n) is 1.72. The number of hydrogen-bond donors (Lipinski definition) is 0. The van der Waals surface area contributed by atoms with Crippen molar-refractivity contribution in [1.29, 1.82) is 0 Å². The SMILES string of the molecule is CCOC(=O)CC[C@]1(C)OCC(C)(C)[C@@H](C)O1. The molecule has 0 unspecified atom stereocenters. The maximum atomic E-state index is 11.3. The smallest absolute Gasteiger partial charge is 0.305 e. The van der Waals surface area contributed by atoms with E-state index in [0.29, 0.717) is 26.1 Å². The van der Waals surface area contributed by atoms with Gasteiger partial charge in [-0.2, -0.15) is 0 Å².